The van der Waals surface area contributed by atoms with Crippen LogP contribution in [0.2, 0.25) is 5.02 Å². The number of hydrogen-bond donors (Lipinski definition) is 0. The van der Waals surface area contributed by atoms with Crippen LogP contribution in [-0.4, -0.2) is 10.4 Å². The molecule has 0 aliphatic rings. The predicted octanol–water partition coefficient (Wildman–Crippen LogP) is 6.42. The zero-order valence-electron chi connectivity index (χ0n) is 17.6. The smallest absolute Gasteiger partial charge is 0.251 e. The molecule has 0 saturated carbocycles. The Hall–Kier alpha value is -3.17. The van der Waals surface area contributed by atoms with Gasteiger partial charge in [-0.1, -0.05) is 67.4 Å². The molecule has 0 aliphatic heterocycles. The van der Waals surface area contributed by atoms with Crippen molar-refractivity contribution in [3.05, 3.63) is 105 Å². The zero-order chi connectivity index (χ0) is 21.8. The third-order valence-electron chi connectivity index (χ3n) is 4.96. The molecule has 0 unspecified atom stereocenters. The van der Waals surface area contributed by atoms with E-state index in [2.05, 4.69) is 0 Å². The third kappa shape index (κ3) is 4.22. The minimum atomic E-state index is -0.111. The minimum absolute atomic E-state index is 0.0483. The first-order valence-corrected chi connectivity index (χ1v) is 10.3. The van der Waals surface area contributed by atoms with Crippen LogP contribution in [0.5, 0.6) is 0 Å². The van der Waals surface area contributed by atoms with Gasteiger partial charge in [0.1, 0.15) is 0 Å². The molecule has 0 fully saturated rings. The topological polar surface area (TPSA) is 39.1 Å². The van der Waals surface area contributed by atoms with Gasteiger partial charge in [-0.2, -0.15) is 0 Å². The van der Waals surface area contributed by atoms with Crippen molar-refractivity contribution >= 4 is 28.3 Å². The Labute approximate surface area is 181 Å². The fraction of sp³-hybridized carbons (Fsp3) is 0.154. The average molecular weight is 418 g/mol. The number of carbonyl (C=O) groups excluding carboxylic acids is 1. The van der Waals surface area contributed by atoms with Gasteiger partial charge in [-0.25, -0.2) is 0 Å². The van der Waals surface area contributed by atoms with Crippen LogP contribution in [0.1, 0.15) is 35.3 Å². The number of aromatic nitrogens is 1. The molecule has 0 amide bonds. The number of nitrogens with zero attached hydrogens (tertiary/aromatic N) is 1. The maximum absolute atomic E-state index is 13.0. The predicted molar refractivity (Wildman–Crippen MR) is 126 cm³/mol. The Kier molecular flexibility index (Phi) is 6.53. The van der Waals surface area contributed by atoms with Gasteiger partial charge < -0.3 is 4.57 Å². The monoisotopic (exact) mass is 417 g/mol. The lowest BCUT2D eigenvalue weighted by molar-refractivity contribution is 0.103. The number of ketones is 1. The molecular formula is C26H24ClNO2. The molecule has 30 heavy (non-hydrogen) atoms. The van der Waals surface area contributed by atoms with E-state index in [1.165, 1.54) is 0 Å². The highest BCUT2D eigenvalue weighted by atomic mass is 35.5. The van der Waals surface area contributed by atoms with Gasteiger partial charge in [0.2, 0.25) is 0 Å². The highest BCUT2D eigenvalue weighted by Gasteiger charge is 2.14. The fourth-order valence-electron chi connectivity index (χ4n) is 3.37. The van der Waals surface area contributed by atoms with E-state index in [4.69, 9.17) is 11.6 Å². The van der Waals surface area contributed by atoms with Crippen molar-refractivity contribution in [2.75, 3.05) is 0 Å². The molecule has 0 saturated heterocycles. The van der Waals surface area contributed by atoms with Crippen LogP contribution < -0.4 is 5.56 Å². The maximum atomic E-state index is 13.0. The van der Waals surface area contributed by atoms with Gasteiger partial charge in [0.25, 0.3) is 5.56 Å². The molecule has 4 aromatic rings. The lowest BCUT2D eigenvalue weighted by atomic mass is 9.96. The third-order valence-corrected chi connectivity index (χ3v) is 5.19. The Morgan fingerprint density at radius 3 is 2.20 bits per heavy atom. The van der Waals surface area contributed by atoms with E-state index in [-0.39, 0.29) is 11.3 Å². The Morgan fingerprint density at radius 2 is 1.53 bits per heavy atom. The summed E-state index contributed by atoms with van der Waals surface area (Å²) in [6, 6.07) is 21.9. The molecule has 1 heterocycles. The Morgan fingerprint density at radius 1 is 0.867 bits per heavy atom. The van der Waals surface area contributed by atoms with Crippen LogP contribution >= 0.6 is 11.6 Å². The minimum Gasteiger partial charge on any atom is -0.311 e. The largest absolute Gasteiger partial charge is 0.311 e. The SMILES string of the molecule is CC.Cc1ccc(C(=O)c2ccc3c(c2)c(-c2cccc(Cl)c2)cc(=O)n3C)cc1. The van der Waals surface area contributed by atoms with Crippen molar-refractivity contribution < 1.29 is 4.79 Å². The summed E-state index contributed by atoms with van der Waals surface area (Å²) < 4.78 is 1.59. The summed E-state index contributed by atoms with van der Waals surface area (Å²) in [5.74, 6) is -0.0483. The second-order valence-electron chi connectivity index (χ2n) is 6.89. The van der Waals surface area contributed by atoms with Crippen molar-refractivity contribution in [3.63, 3.8) is 0 Å². The van der Waals surface area contributed by atoms with Gasteiger partial charge >= 0.3 is 0 Å². The zero-order valence-corrected chi connectivity index (χ0v) is 18.3. The fourth-order valence-corrected chi connectivity index (χ4v) is 3.56. The van der Waals surface area contributed by atoms with E-state index < -0.39 is 0 Å². The molecule has 0 radical (unpaired) electrons. The van der Waals surface area contributed by atoms with Crippen LogP contribution in [0.3, 0.4) is 0 Å². The number of carbonyl (C=O) groups is 1. The van der Waals surface area contributed by atoms with E-state index in [0.29, 0.717) is 16.1 Å². The lowest BCUT2D eigenvalue weighted by Crippen LogP contribution is -2.16. The van der Waals surface area contributed by atoms with Crippen LogP contribution in [0.25, 0.3) is 22.0 Å². The quantitative estimate of drug-likeness (QED) is 0.360. The first kappa shape index (κ1) is 21.5. The second kappa shape index (κ2) is 9.10. The first-order chi connectivity index (χ1) is 14.4. The highest BCUT2D eigenvalue weighted by molar-refractivity contribution is 6.31. The molecule has 0 atom stereocenters. The molecule has 0 N–H and O–H groups in total. The average Bonchev–Trinajstić information content (AvgIpc) is 2.77. The van der Waals surface area contributed by atoms with Crippen LogP contribution in [-0.2, 0) is 7.05 Å². The van der Waals surface area contributed by atoms with Crippen molar-refractivity contribution in [2.24, 2.45) is 7.05 Å². The van der Waals surface area contributed by atoms with Crippen LogP contribution in [0.15, 0.2) is 77.6 Å². The molecule has 4 heteroatoms. The molecular weight excluding hydrogens is 394 g/mol. The molecule has 3 aromatic carbocycles. The molecule has 0 bridgehead atoms. The van der Waals surface area contributed by atoms with E-state index in [1.807, 2.05) is 75.4 Å². The summed E-state index contributed by atoms with van der Waals surface area (Å²) in [5.41, 5.74) is 4.59. The molecule has 152 valence electrons. The van der Waals surface area contributed by atoms with Crippen LogP contribution in [0, 0.1) is 6.92 Å². The summed E-state index contributed by atoms with van der Waals surface area (Å²) in [4.78, 5) is 25.4. The summed E-state index contributed by atoms with van der Waals surface area (Å²) in [6.07, 6.45) is 0. The van der Waals surface area contributed by atoms with Gasteiger partial charge in [-0.3, -0.25) is 9.59 Å². The van der Waals surface area contributed by atoms with E-state index >= 15 is 0 Å². The summed E-state index contributed by atoms with van der Waals surface area (Å²) in [6.45, 7) is 5.99. The Bertz CT molecular complexity index is 1270. The number of aryl methyl sites for hydroxylation is 2. The van der Waals surface area contributed by atoms with Crippen molar-refractivity contribution in [3.8, 4) is 11.1 Å². The number of rotatable bonds is 3. The van der Waals surface area contributed by atoms with Gasteiger partial charge in [0, 0.05) is 34.6 Å². The van der Waals surface area contributed by atoms with E-state index in [1.54, 1.807) is 29.8 Å². The number of fused-ring (bicyclic) bond motifs is 1. The van der Waals surface area contributed by atoms with E-state index in [0.717, 1.165) is 27.6 Å². The van der Waals surface area contributed by atoms with Gasteiger partial charge in [0.15, 0.2) is 5.78 Å². The van der Waals surface area contributed by atoms with E-state index in [9.17, 15) is 9.59 Å². The molecule has 0 aliphatic carbocycles. The number of hydrogen-bond acceptors (Lipinski definition) is 2. The van der Waals surface area contributed by atoms with Gasteiger partial charge in [-0.05, 0) is 48.4 Å². The second-order valence-corrected chi connectivity index (χ2v) is 7.33. The number of halogens is 1. The first-order valence-electron chi connectivity index (χ1n) is 9.95. The molecule has 4 rings (SSSR count). The normalized spacial score (nSPS) is 10.4. The molecule has 3 nitrogen and oxygen atoms in total. The maximum Gasteiger partial charge on any atom is 0.251 e. The van der Waals surface area contributed by atoms with Crippen molar-refractivity contribution in [1.29, 1.82) is 0 Å². The Balaban J connectivity index is 0.00000124. The summed E-state index contributed by atoms with van der Waals surface area (Å²) in [5, 5.41) is 1.43. The van der Waals surface area contributed by atoms with Gasteiger partial charge in [0.05, 0.1) is 5.52 Å². The number of benzene rings is 3. The molecule has 1 aromatic heterocycles. The summed E-state index contributed by atoms with van der Waals surface area (Å²) in [7, 11) is 1.73. The highest BCUT2D eigenvalue weighted by Crippen LogP contribution is 2.30. The summed E-state index contributed by atoms with van der Waals surface area (Å²) >= 11 is 6.15. The standard InChI is InChI=1S/C24H18ClNO2.C2H6/c1-15-6-8-16(9-7-15)24(28)18-10-11-22-21(13-18)20(14-23(27)26(22)2)17-4-3-5-19(25)12-17;1-2/h3-14H,1-2H3;1-2H3. The van der Waals surface area contributed by atoms with Crippen molar-refractivity contribution in [1.82, 2.24) is 4.57 Å². The lowest BCUT2D eigenvalue weighted by Gasteiger charge is -2.12. The van der Waals surface area contributed by atoms with Crippen molar-refractivity contribution in [2.45, 2.75) is 20.8 Å². The van der Waals surface area contributed by atoms with Gasteiger partial charge in [-0.15, -0.1) is 0 Å². The molecule has 0 spiro atoms. The van der Waals surface area contributed by atoms with Crippen LogP contribution in [0.4, 0.5) is 0 Å². The number of pyridine rings is 1.